The maximum absolute atomic E-state index is 12.6. The molecule has 112 valence electrons. The molecular weight excluding hydrogens is 256 g/mol. The van der Waals surface area contributed by atoms with Gasteiger partial charge in [0.2, 0.25) is 0 Å². The van der Waals surface area contributed by atoms with Gasteiger partial charge < -0.3 is 20.3 Å². The van der Waals surface area contributed by atoms with E-state index in [2.05, 4.69) is 4.90 Å². The summed E-state index contributed by atoms with van der Waals surface area (Å²) in [4.78, 5) is 16.7. The van der Waals surface area contributed by atoms with Crippen molar-refractivity contribution >= 4 is 11.6 Å². The van der Waals surface area contributed by atoms with Gasteiger partial charge in [-0.3, -0.25) is 9.69 Å². The second kappa shape index (κ2) is 6.76. The Balaban J connectivity index is 2.05. The van der Waals surface area contributed by atoms with Gasteiger partial charge in [-0.1, -0.05) is 0 Å². The van der Waals surface area contributed by atoms with Crippen LogP contribution in [-0.2, 0) is 6.54 Å². The van der Waals surface area contributed by atoms with Crippen LogP contribution in [0.1, 0.15) is 23.8 Å². The molecule has 1 saturated heterocycles. The first-order valence-corrected chi connectivity index (χ1v) is 7.23. The number of nitrogens with two attached hydrogens (primary N) is 1. The van der Waals surface area contributed by atoms with Crippen LogP contribution in [0.25, 0.3) is 0 Å². The van der Waals surface area contributed by atoms with Gasteiger partial charge in [0.15, 0.2) is 0 Å². The van der Waals surface area contributed by atoms with E-state index >= 15 is 0 Å². The number of nitrogens with zero attached hydrogens (tertiary/aromatic N) is 3. The minimum atomic E-state index is 0.0504. The van der Waals surface area contributed by atoms with Crippen molar-refractivity contribution in [2.45, 2.75) is 19.9 Å². The molecule has 6 nitrogen and oxygen atoms in total. The second-order valence-corrected chi connectivity index (χ2v) is 5.16. The number of aryl methyl sites for hydroxylation is 1. The molecule has 0 bridgehead atoms. The largest absolute Gasteiger partial charge is 0.397 e. The van der Waals surface area contributed by atoms with E-state index in [1.165, 1.54) is 0 Å². The first-order chi connectivity index (χ1) is 9.65. The molecule has 6 heteroatoms. The van der Waals surface area contributed by atoms with Crippen molar-refractivity contribution < 1.29 is 9.90 Å². The standard InChI is InChI=1S/C14H24N4O2/c1-2-17-11-12(15)10-13(17)14(20)18-5-3-4-16(6-7-18)8-9-19/h10-11,19H,2-9,15H2,1H3. The molecule has 0 spiro atoms. The first-order valence-electron chi connectivity index (χ1n) is 7.23. The molecule has 0 radical (unpaired) electrons. The van der Waals surface area contributed by atoms with Crippen LogP contribution in [0.15, 0.2) is 12.3 Å². The lowest BCUT2D eigenvalue weighted by Gasteiger charge is -2.22. The molecule has 0 aliphatic carbocycles. The number of aliphatic hydroxyl groups excluding tert-OH is 1. The molecule has 0 saturated carbocycles. The normalized spacial score (nSPS) is 17.2. The number of amides is 1. The number of hydrogen-bond donors (Lipinski definition) is 2. The number of β-amino-alcohol motifs (C(OH)–C–C–N with tert-alkyl or cyclic N) is 1. The van der Waals surface area contributed by atoms with Crippen molar-refractivity contribution in [2.75, 3.05) is 45.1 Å². The summed E-state index contributed by atoms with van der Waals surface area (Å²) >= 11 is 0. The van der Waals surface area contributed by atoms with Crippen LogP contribution in [0.5, 0.6) is 0 Å². The highest BCUT2D eigenvalue weighted by atomic mass is 16.3. The van der Waals surface area contributed by atoms with Crippen molar-refractivity contribution in [1.82, 2.24) is 14.4 Å². The average molecular weight is 280 g/mol. The third-order valence-corrected chi connectivity index (χ3v) is 3.77. The van der Waals surface area contributed by atoms with E-state index in [1.54, 1.807) is 6.07 Å². The van der Waals surface area contributed by atoms with Gasteiger partial charge in [0.25, 0.3) is 5.91 Å². The summed E-state index contributed by atoms with van der Waals surface area (Å²) in [5.74, 6) is 0.0504. The Morgan fingerprint density at radius 1 is 1.35 bits per heavy atom. The molecule has 1 aliphatic rings. The molecule has 20 heavy (non-hydrogen) atoms. The number of nitrogen functional groups attached to an aromatic ring is 1. The Morgan fingerprint density at radius 2 is 2.15 bits per heavy atom. The van der Waals surface area contributed by atoms with Crippen LogP contribution in [0.3, 0.4) is 0 Å². The molecule has 1 fully saturated rings. The molecular formula is C14H24N4O2. The van der Waals surface area contributed by atoms with Gasteiger partial charge in [0.05, 0.1) is 12.3 Å². The molecule has 1 amide bonds. The van der Waals surface area contributed by atoms with Crippen molar-refractivity contribution in [2.24, 2.45) is 0 Å². The lowest BCUT2D eigenvalue weighted by atomic mass is 10.3. The van der Waals surface area contributed by atoms with E-state index in [-0.39, 0.29) is 12.5 Å². The van der Waals surface area contributed by atoms with Gasteiger partial charge in [-0.2, -0.15) is 0 Å². The van der Waals surface area contributed by atoms with Gasteiger partial charge in [-0.15, -0.1) is 0 Å². The maximum Gasteiger partial charge on any atom is 0.270 e. The number of rotatable bonds is 4. The van der Waals surface area contributed by atoms with Crippen LogP contribution < -0.4 is 5.73 Å². The maximum atomic E-state index is 12.6. The molecule has 1 aliphatic heterocycles. The summed E-state index contributed by atoms with van der Waals surface area (Å²) in [6, 6.07) is 1.75. The highest BCUT2D eigenvalue weighted by Crippen LogP contribution is 2.14. The van der Waals surface area contributed by atoms with E-state index in [4.69, 9.17) is 10.8 Å². The number of carbonyl (C=O) groups excluding carboxylic acids is 1. The number of anilines is 1. The van der Waals surface area contributed by atoms with E-state index in [1.807, 2.05) is 22.6 Å². The zero-order valence-corrected chi connectivity index (χ0v) is 12.1. The SMILES string of the molecule is CCn1cc(N)cc1C(=O)N1CCCN(CCO)CC1. The van der Waals surface area contributed by atoms with Crippen LogP contribution in [0.4, 0.5) is 5.69 Å². The topological polar surface area (TPSA) is 74.7 Å². The fraction of sp³-hybridized carbons (Fsp3) is 0.643. The summed E-state index contributed by atoms with van der Waals surface area (Å²) in [5, 5.41) is 9.00. The van der Waals surface area contributed by atoms with E-state index in [9.17, 15) is 4.79 Å². The summed E-state index contributed by atoms with van der Waals surface area (Å²) in [5.41, 5.74) is 7.09. The first kappa shape index (κ1) is 14.9. The molecule has 2 rings (SSSR count). The van der Waals surface area contributed by atoms with Crippen LogP contribution in [0, 0.1) is 0 Å². The number of aromatic nitrogens is 1. The van der Waals surface area contributed by atoms with E-state index in [0.29, 0.717) is 24.5 Å². The van der Waals surface area contributed by atoms with Crippen molar-refractivity contribution in [3.8, 4) is 0 Å². The monoisotopic (exact) mass is 280 g/mol. The van der Waals surface area contributed by atoms with Crippen LogP contribution >= 0.6 is 0 Å². The highest BCUT2D eigenvalue weighted by molar-refractivity contribution is 5.93. The van der Waals surface area contributed by atoms with E-state index in [0.717, 1.165) is 32.6 Å². The average Bonchev–Trinajstić information content (AvgIpc) is 2.66. The number of aliphatic hydroxyl groups is 1. The Hall–Kier alpha value is -1.53. The Labute approximate surface area is 119 Å². The van der Waals surface area contributed by atoms with E-state index < -0.39 is 0 Å². The molecule has 1 aromatic heterocycles. The minimum absolute atomic E-state index is 0.0504. The zero-order valence-electron chi connectivity index (χ0n) is 12.1. The third kappa shape index (κ3) is 3.32. The Kier molecular flexibility index (Phi) is 5.03. The predicted octanol–water partition coefficient (Wildman–Crippen LogP) is 0.230. The van der Waals surface area contributed by atoms with Gasteiger partial charge in [-0.05, 0) is 26.0 Å². The summed E-state index contributed by atoms with van der Waals surface area (Å²) in [7, 11) is 0. The molecule has 1 aromatic rings. The number of hydrogen-bond acceptors (Lipinski definition) is 4. The van der Waals surface area contributed by atoms with Gasteiger partial charge in [0.1, 0.15) is 5.69 Å². The predicted molar refractivity (Wildman–Crippen MR) is 78.6 cm³/mol. The lowest BCUT2D eigenvalue weighted by molar-refractivity contribution is 0.0750. The Bertz CT molecular complexity index is 458. The quantitative estimate of drug-likeness (QED) is 0.828. The Morgan fingerprint density at radius 3 is 2.85 bits per heavy atom. The van der Waals surface area contributed by atoms with Crippen LogP contribution in [0.2, 0.25) is 0 Å². The summed E-state index contributed by atoms with van der Waals surface area (Å²) in [6.45, 7) is 6.80. The van der Waals surface area contributed by atoms with Crippen LogP contribution in [-0.4, -0.2) is 64.7 Å². The van der Waals surface area contributed by atoms with Gasteiger partial charge >= 0.3 is 0 Å². The molecule has 0 aromatic carbocycles. The molecule has 0 atom stereocenters. The zero-order chi connectivity index (χ0) is 14.5. The second-order valence-electron chi connectivity index (χ2n) is 5.16. The fourth-order valence-corrected chi connectivity index (χ4v) is 2.67. The number of carbonyl (C=O) groups is 1. The van der Waals surface area contributed by atoms with Gasteiger partial charge in [0, 0.05) is 38.9 Å². The highest BCUT2D eigenvalue weighted by Gasteiger charge is 2.22. The summed E-state index contributed by atoms with van der Waals surface area (Å²) in [6.07, 6.45) is 2.75. The van der Waals surface area contributed by atoms with Crippen molar-refractivity contribution in [1.29, 1.82) is 0 Å². The van der Waals surface area contributed by atoms with Crippen molar-refractivity contribution in [3.63, 3.8) is 0 Å². The molecule has 3 N–H and O–H groups in total. The minimum Gasteiger partial charge on any atom is -0.397 e. The smallest absolute Gasteiger partial charge is 0.270 e. The molecule has 2 heterocycles. The lowest BCUT2D eigenvalue weighted by Crippen LogP contribution is -2.36. The van der Waals surface area contributed by atoms with Gasteiger partial charge in [-0.25, -0.2) is 0 Å². The fourth-order valence-electron chi connectivity index (χ4n) is 2.67. The summed E-state index contributed by atoms with van der Waals surface area (Å²) < 4.78 is 1.90. The molecule has 0 unspecified atom stereocenters. The third-order valence-electron chi connectivity index (χ3n) is 3.77. The van der Waals surface area contributed by atoms with Crippen molar-refractivity contribution in [3.05, 3.63) is 18.0 Å².